The van der Waals surface area contributed by atoms with Crippen LogP contribution in [0.25, 0.3) is 6.08 Å². The molecule has 1 heterocycles. The summed E-state index contributed by atoms with van der Waals surface area (Å²) in [4.78, 5) is 25.5. The highest BCUT2D eigenvalue weighted by Crippen LogP contribution is 2.35. The van der Waals surface area contributed by atoms with Crippen molar-refractivity contribution in [2.75, 3.05) is 17.3 Å². The Hall–Kier alpha value is -2.79. The first-order valence-corrected chi connectivity index (χ1v) is 8.15. The second kappa shape index (κ2) is 6.99. The zero-order valence-electron chi connectivity index (χ0n) is 13.8. The molecule has 0 aliphatic carbocycles. The molecule has 3 rings (SSSR count). The highest BCUT2D eigenvalue weighted by Gasteiger charge is 2.28. The van der Waals surface area contributed by atoms with Crippen molar-refractivity contribution in [3.63, 3.8) is 0 Å². The number of fused-ring (bicyclic) bond motifs is 1. The van der Waals surface area contributed by atoms with Crippen LogP contribution in [-0.4, -0.2) is 25.0 Å². The first-order chi connectivity index (χ1) is 11.9. The van der Waals surface area contributed by atoms with Crippen LogP contribution >= 0.6 is 11.6 Å². The Labute approximate surface area is 150 Å². The average molecular weight is 357 g/mol. The minimum absolute atomic E-state index is 0.102. The summed E-state index contributed by atoms with van der Waals surface area (Å²) in [6.07, 6.45) is 2.60. The van der Waals surface area contributed by atoms with E-state index in [-0.39, 0.29) is 11.8 Å². The number of carbonyl (C=O) groups is 2. The van der Waals surface area contributed by atoms with Gasteiger partial charge in [-0.1, -0.05) is 23.7 Å². The summed E-state index contributed by atoms with van der Waals surface area (Å²) in [6.45, 7) is 1.70. The molecule has 0 fully saturated rings. The number of amides is 2. The lowest BCUT2D eigenvalue weighted by Crippen LogP contribution is -2.41. The van der Waals surface area contributed by atoms with Crippen molar-refractivity contribution in [2.24, 2.45) is 0 Å². The van der Waals surface area contributed by atoms with E-state index in [0.717, 1.165) is 5.56 Å². The monoisotopic (exact) mass is 356 g/mol. The summed E-state index contributed by atoms with van der Waals surface area (Å²) < 4.78 is 5.60. The minimum Gasteiger partial charge on any atom is -0.479 e. The highest BCUT2D eigenvalue weighted by atomic mass is 35.5. The topological polar surface area (TPSA) is 58.6 Å². The molecule has 5 nitrogen and oxygen atoms in total. The van der Waals surface area contributed by atoms with E-state index < -0.39 is 6.10 Å². The molecule has 1 N–H and O–H groups in total. The lowest BCUT2D eigenvalue weighted by Gasteiger charge is -2.30. The number of hydrogen-bond donors (Lipinski definition) is 1. The molecule has 0 saturated heterocycles. The van der Waals surface area contributed by atoms with Crippen LogP contribution in [0, 0.1) is 0 Å². The van der Waals surface area contributed by atoms with Crippen molar-refractivity contribution in [2.45, 2.75) is 13.0 Å². The first kappa shape index (κ1) is 17.0. The summed E-state index contributed by atoms with van der Waals surface area (Å²) >= 11 is 5.83. The SMILES string of the molecule is CC1Oc2cc(NC(=O)/C=C/c3ccc(Cl)cc3)ccc2N(C)C1=O. The van der Waals surface area contributed by atoms with E-state index in [1.54, 1.807) is 55.3 Å². The van der Waals surface area contributed by atoms with Gasteiger partial charge in [0.1, 0.15) is 5.75 Å². The fourth-order valence-electron chi connectivity index (χ4n) is 2.53. The van der Waals surface area contributed by atoms with E-state index in [9.17, 15) is 9.59 Å². The quantitative estimate of drug-likeness (QED) is 0.852. The fraction of sp³-hybridized carbons (Fsp3) is 0.158. The van der Waals surface area contributed by atoms with Gasteiger partial charge in [0.25, 0.3) is 5.91 Å². The Balaban J connectivity index is 1.71. The van der Waals surface area contributed by atoms with Crippen LogP contribution in [0.2, 0.25) is 5.02 Å². The summed E-state index contributed by atoms with van der Waals surface area (Å²) in [5, 5.41) is 3.43. The molecule has 2 amide bonds. The zero-order valence-corrected chi connectivity index (χ0v) is 14.6. The molecule has 0 spiro atoms. The van der Waals surface area contributed by atoms with Gasteiger partial charge in [-0.25, -0.2) is 0 Å². The third-order valence-corrected chi connectivity index (χ3v) is 4.12. The summed E-state index contributed by atoms with van der Waals surface area (Å²) in [7, 11) is 1.70. The van der Waals surface area contributed by atoms with Gasteiger partial charge in [-0.2, -0.15) is 0 Å². The molecule has 128 valence electrons. The van der Waals surface area contributed by atoms with Crippen molar-refractivity contribution >= 4 is 40.9 Å². The van der Waals surface area contributed by atoms with Gasteiger partial charge in [0, 0.05) is 29.9 Å². The molecule has 6 heteroatoms. The molecule has 1 unspecified atom stereocenters. The molecule has 2 aromatic carbocycles. The van der Waals surface area contributed by atoms with Crippen LogP contribution in [0.3, 0.4) is 0 Å². The van der Waals surface area contributed by atoms with Crippen molar-refractivity contribution in [1.29, 1.82) is 0 Å². The van der Waals surface area contributed by atoms with Crippen LogP contribution in [0.1, 0.15) is 12.5 Å². The molecule has 0 bridgehead atoms. The molecule has 2 aromatic rings. The number of likely N-dealkylation sites (N-methyl/N-ethyl adjacent to an activating group) is 1. The van der Waals surface area contributed by atoms with Gasteiger partial charge < -0.3 is 15.0 Å². The summed E-state index contributed by atoms with van der Waals surface area (Å²) in [5.41, 5.74) is 2.15. The normalized spacial score (nSPS) is 16.5. The second-order valence-electron chi connectivity index (χ2n) is 5.71. The second-order valence-corrected chi connectivity index (χ2v) is 6.15. The van der Waals surface area contributed by atoms with E-state index in [0.29, 0.717) is 22.1 Å². The predicted molar refractivity (Wildman–Crippen MR) is 99.1 cm³/mol. The predicted octanol–water partition coefficient (Wildman–Crippen LogP) is 3.74. The molecule has 0 aromatic heterocycles. The van der Waals surface area contributed by atoms with Crippen molar-refractivity contribution in [1.82, 2.24) is 0 Å². The maximum Gasteiger partial charge on any atom is 0.267 e. The number of rotatable bonds is 3. The lowest BCUT2D eigenvalue weighted by molar-refractivity contribution is -0.125. The summed E-state index contributed by atoms with van der Waals surface area (Å²) in [6, 6.07) is 12.4. The highest BCUT2D eigenvalue weighted by molar-refractivity contribution is 6.30. The Morgan fingerprint density at radius 1 is 1.24 bits per heavy atom. The number of anilines is 2. The maximum atomic E-state index is 12.1. The Morgan fingerprint density at radius 3 is 2.68 bits per heavy atom. The number of nitrogens with zero attached hydrogens (tertiary/aromatic N) is 1. The molecule has 1 aliphatic heterocycles. The van der Waals surface area contributed by atoms with Crippen LogP contribution in [0.5, 0.6) is 5.75 Å². The van der Waals surface area contributed by atoms with Crippen LogP contribution < -0.4 is 15.0 Å². The third-order valence-electron chi connectivity index (χ3n) is 3.87. The van der Waals surface area contributed by atoms with Gasteiger partial charge in [0.15, 0.2) is 6.10 Å². The minimum atomic E-state index is -0.548. The van der Waals surface area contributed by atoms with Crippen molar-refractivity contribution in [3.05, 3.63) is 59.1 Å². The van der Waals surface area contributed by atoms with Crippen molar-refractivity contribution < 1.29 is 14.3 Å². The van der Waals surface area contributed by atoms with E-state index in [1.165, 1.54) is 6.08 Å². The van der Waals surface area contributed by atoms with Gasteiger partial charge in [0.2, 0.25) is 5.91 Å². The van der Waals surface area contributed by atoms with E-state index in [1.807, 2.05) is 12.1 Å². The maximum absolute atomic E-state index is 12.1. The number of hydrogen-bond acceptors (Lipinski definition) is 3. The molecular formula is C19H17ClN2O3. The van der Waals surface area contributed by atoms with Crippen LogP contribution in [0.15, 0.2) is 48.5 Å². The van der Waals surface area contributed by atoms with Crippen LogP contribution in [0.4, 0.5) is 11.4 Å². The smallest absolute Gasteiger partial charge is 0.267 e. The standard InChI is InChI=1S/C19H17ClN2O3/c1-12-19(24)22(2)16-9-8-15(11-17(16)25-12)21-18(23)10-5-13-3-6-14(20)7-4-13/h3-12H,1-2H3,(H,21,23)/b10-5+. The average Bonchev–Trinajstić information content (AvgIpc) is 2.59. The third kappa shape index (κ3) is 3.83. The molecule has 0 saturated carbocycles. The van der Waals surface area contributed by atoms with Crippen molar-refractivity contribution in [3.8, 4) is 5.75 Å². The van der Waals surface area contributed by atoms with Gasteiger partial charge in [-0.15, -0.1) is 0 Å². The van der Waals surface area contributed by atoms with Gasteiger partial charge in [0.05, 0.1) is 5.69 Å². The fourth-order valence-corrected chi connectivity index (χ4v) is 2.65. The van der Waals surface area contributed by atoms with E-state index >= 15 is 0 Å². The zero-order chi connectivity index (χ0) is 18.0. The number of ether oxygens (including phenoxy) is 1. The van der Waals surface area contributed by atoms with Gasteiger partial charge in [-0.3, -0.25) is 9.59 Å². The number of nitrogens with one attached hydrogen (secondary N) is 1. The number of benzene rings is 2. The molecule has 0 radical (unpaired) electrons. The number of carbonyl (C=O) groups excluding carboxylic acids is 2. The molecule has 1 atom stereocenters. The van der Waals surface area contributed by atoms with E-state index in [4.69, 9.17) is 16.3 Å². The van der Waals surface area contributed by atoms with E-state index in [2.05, 4.69) is 5.32 Å². The Morgan fingerprint density at radius 2 is 1.96 bits per heavy atom. The Bertz CT molecular complexity index is 846. The van der Waals surface area contributed by atoms with Gasteiger partial charge in [-0.05, 0) is 42.8 Å². The number of halogens is 1. The molecule has 25 heavy (non-hydrogen) atoms. The Kier molecular flexibility index (Phi) is 4.76. The van der Waals surface area contributed by atoms with Crippen LogP contribution in [-0.2, 0) is 9.59 Å². The lowest BCUT2D eigenvalue weighted by atomic mass is 10.2. The largest absolute Gasteiger partial charge is 0.479 e. The summed E-state index contributed by atoms with van der Waals surface area (Å²) in [5.74, 6) is 0.201. The molecule has 1 aliphatic rings. The first-order valence-electron chi connectivity index (χ1n) is 7.77. The van der Waals surface area contributed by atoms with Gasteiger partial charge >= 0.3 is 0 Å². The molecular weight excluding hydrogens is 340 g/mol.